The van der Waals surface area contributed by atoms with Gasteiger partial charge in [-0.05, 0) is 11.4 Å². The number of hydrogen-bond acceptors (Lipinski definition) is 4. The van der Waals surface area contributed by atoms with Crippen molar-refractivity contribution in [2.45, 2.75) is 13.0 Å². The zero-order valence-electron chi connectivity index (χ0n) is 8.67. The Balaban J connectivity index is 2.00. The van der Waals surface area contributed by atoms with Crippen molar-refractivity contribution >= 4 is 23.1 Å². The lowest BCUT2D eigenvalue weighted by Crippen LogP contribution is -2.28. The molecule has 0 radical (unpaired) electrons. The second kappa shape index (κ2) is 4.52. The van der Waals surface area contributed by atoms with Crippen LogP contribution in [0.2, 0.25) is 0 Å². The topological polar surface area (TPSA) is 78.9 Å². The van der Waals surface area contributed by atoms with Crippen LogP contribution >= 0.6 is 11.3 Å². The summed E-state index contributed by atoms with van der Waals surface area (Å²) < 4.78 is 0. The Labute approximate surface area is 97.2 Å². The summed E-state index contributed by atoms with van der Waals surface area (Å²) in [4.78, 5) is 14.6. The highest BCUT2D eigenvalue weighted by Gasteiger charge is 2.32. The smallest absolute Gasteiger partial charge is 0.223 e. The first kappa shape index (κ1) is 10.9. The van der Waals surface area contributed by atoms with E-state index in [4.69, 9.17) is 10.9 Å². The maximum Gasteiger partial charge on any atom is 0.223 e. The van der Waals surface area contributed by atoms with E-state index in [9.17, 15) is 4.79 Å². The van der Waals surface area contributed by atoms with E-state index in [1.807, 2.05) is 17.5 Å². The summed E-state index contributed by atoms with van der Waals surface area (Å²) in [5, 5.41) is 13.5. The van der Waals surface area contributed by atoms with Crippen LogP contribution in [0, 0.1) is 5.92 Å². The number of likely N-dealkylation sites (tertiary alicyclic amines) is 1. The summed E-state index contributed by atoms with van der Waals surface area (Å²) in [6.07, 6.45) is 0.335. The monoisotopic (exact) mass is 239 g/mol. The van der Waals surface area contributed by atoms with Crippen LogP contribution in [0.1, 0.15) is 11.3 Å². The molecule has 1 fully saturated rings. The first-order chi connectivity index (χ1) is 7.70. The van der Waals surface area contributed by atoms with E-state index in [1.54, 1.807) is 16.2 Å². The lowest BCUT2D eigenvalue weighted by atomic mass is 10.1. The lowest BCUT2D eigenvalue weighted by molar-refractivity contribution is -0.128. The van der Waals surface area contributed by atoms with Crippen molar-refractivity contribution in [1.82, 2.24) is 4.90 Å². The second-order valence-electron chi connectivity index (χ2n) is 3.78. The highest BCUT2D eigenvalue weighted by atomic mass is 32.1. The molecule has 0 spiro atoms. The summed E-state index contributed by atoms with van der Waals surface area (Å²) in [5.41, 5.74) is 5.50. The van der Waals surface area contributed by atoms with Gasteiger partial charge >= 0.3 is 0 Å². The Bertz CT molecular complexity index is 402. The minimum atomic E-state index is -0.155. The third-order valence-electron chi connectivity index (χ3n) is 2.68. The molecule has 2 heterocycles. The van der Waals surface area contributed by atoms with Crippen molar-refractivity contribution in [3.8, 4) is 0 Å². The summed E-state index contributed by atoms with van der Waals surface area (Å²) in [7, 11) is 0. The third kappa shape index (κ3) is 2.16. The molecule has 1 amide bonds. The molecule has 0 bridgehead atoms. The fourth-order valence-corrected chi connectivity index (χ4v) is 2.51. The Hall–Kier alpha value is -1.56. The summed E-state index contributed by atoms with van der Waals surface area (Å²) >= 11 is 1.62. The number of carbonyl (C=O) groups is 1. The average molecular weight is 239 g/mol. The van der Waals surface area contributed by atoms with Gasteiger partial charge in [0.25, 0.3) is 0 Å². The van der Waals surface area contributed by atoms with Gasteiger partial charge in [0.1, 0.15) is 5.84 Å². The van der Waals surface area contributed by atoms with Gasteiger partial charge in [0, 0.05) is 23.8 Å². The molecule has 3 N–H and O–H groups in total. The predicted molar refractivity (Wildman–Crippen MR) is 61.3 cm³/mol. The van der Waals surface area contributed by atoms with E-state index in [1.165, 1.54) is 0 Å². The van der Waals surface area contributed by atoms with Crippen molar-refractivity contribution in [2.24, 2.45) is 16.8 Å². The van der Waals surface area contributed by atoms with E-state index in [2.05, 4.69) is 5.16 Å². The molecule has 1 atom stereocenters. The number of amidine groups is 1. The second-order valence-corrected chi connectivity index (χ2v) is 4.81. The molecule has 0 aliphatic carbocycles. The SMILES string of the molecule is N/C(=N/O)[C@H]1CC(=O)N(Cc2cccs2)C1. The number of nitrogens with zero attached hydrogens (tertiary/aromatic N) is 2. The highest BCUT2D eigenvalue weighted by molar-refractivity contribution is 7.09. The number of thiophene rings is 1. The molecule has 0 unspecified atom stereocenters. The predicted octanol–water partition coefficient (Wildman–Crippen LogP) is 0.843. The number of hydrogen-bond donors (Lipinski definition) is 2. The van der Waals surface area contributed by atoms with Gasteiger partial charge in [-0.15, -0.1) is 11.3 Å². The van der Waals surface area contributed by atoms with Gasteiger partial charge < -0.3 is 15.8 Å². The van der Waals surface area contributed by atoms with Gasteiger partial charge in [0.2, 0.25) is 5.91 Å². The normalized spacial score (nSPS) is 21.8. The van der Waals surface area contributed by atoms with Gasteiger partial charge in [-0.25, -0.2) is 0 Å². The molecule has 0 aromatic carbocycles. The van der Waals surface area contributed by atoms with E-state index >= 15 is 0 Å². The number of oxime groups is 1. The number of amides is 1. The van der Waals surface area contributed by atoms with E-state index < -0.39 is 0 Å². The van der Waals surface area contributed by atoms with Gasteiger partial charge in [0.05, 0.1) is 6.54 Å². The van der Waals surface area contributed by atoms with E-state index in [-0.39, 0.29) is 17.7 Å². The van der Waals surface area contributed by atoms with Crippen molar-refractivity contribution in [3.05, 3.63) is 22.4 Å². The van der Waals surface area contributed by atoms with Gasteiger partial charge in [-0.3, -0.25) is 4.79 Å². The van der Waals surface area contributed by atoms with Crippen LogP contribution in [0.4, 0.5) is 0 Å². The quantitative estimate of drug-likeness (QED) is 0.355. The molecule has 86 valence electrons. The molecule has 6 heteroatoms. The van der Waals surface area contributed by atoms with Crippen LogP contribution in [0.3, 0.4) is 0 Å². The Morgan fingerprint density at radius 2 is 2.56 bits per heavy atom. The zero-order valence-corrected chi connectivity index (χ0v) is 9.48. The highest BCUT2D eigenvalue weighted by Crippen LogP contribution is 2.21. The van der Waals surface area contributed by atoms with Crippen LogP contribution in [0.25, 0.3) is 0 Å². The minimum Gasteiger partial charge on any atom is -0.409 e. The van der Waals surface area contributed by atoms with Crippen LogP contribution in [-0.2, 0) is 11.3 Å². The number of rotatable bonds is 3. The van der Waals surface area contributed by atoms with Crippen molar-refractivity contribution in [2.75, 3.05) is 6.54 Å². The van der Waals surface area contributed by atoms with Crippen LogP contribution in [0.15, 0.2) is 22.7 Å². The lowest BCUT2D eigenvalue weighted by Gasteiger charge is -2.14. The summed E-state index contributed by atoms with van der Waals surface area (Å²) in [6.45, 7) is 1.15. The minimum absolute atomic E-state index is 0.0602. The Kier molecular flexibility index (Phi) is 3.09. The maximum atomic E-state index is 11.7. The molecular weight excluding hydrogens is 226 g/mol. The van der Waals surface area contributed by atoms with Gasteiger partial charge in [-0.1, -0.05) is 11.2 Å². The molecule has 1 aliphatic rings. The molecule has 0 saturated carbocycles. The fourth-order valence-electron chi connectivity index (χ4n) is 1.80. The fraction of sp³-hybridized carbons (Fsp3) is 0.400. The van der Waals surface area contributed by atoms with Gasteiger partial charge in [-0.2, -0.15) is 0 Å². The van der Waals surface area contributed by atoms with Crippen molar-refractivity contribution in [3.63, 3.8) is 0 Å². The Morgan fingerprint density at radius 3 is 3.19 bits per heavy atom. The standard InChI is InChI=1S/C10H13N3O2S/c11-10(12-15)7-4-9(14)13(5-7)6-8-2-1-3-16-8/h1-3,7,15H,4-6H2,(H2,11,12)/t7-/m0/s1. The first-order valence-electron chi connectivity index (χ1n) is 4.98. The maximum absolute atomic E-state index is 11.7. The number of nitrogens with two attached hydrogens (primary N) is 1. The van der Waals surface area contributed by atoms with Crippen LogP contribution in [0.5, 0.6) is 0 Å². The molecule has 1 saturated heterocycles. The molecular formula is C10H13N3O2S. The van der Waals surface area contributed by atoms with Gasteiger partial charge in [0.15, 0.2) is 0 Å². The van der Waals surface area contributed by atoms with Crippen LogP contribution < -0.4 is 5.73 Å². The Morgan fingerprint density at radius 1 is 1.75 bits per heavy atom. The third-order valence-corrected chi connectivity index (χ3v) is 3.54. The van der Waals surface area contributed by atoms with Crippen LogP contribution in [-0.4, -0.2) is 28.4 Å². The zero-order chi connectivity index (χ0) is 11.5. The largest absolute Gasteiger partial charge is 0.409 e. The molecule has 5 nitrogen and oxygen atoms in total. The number of carbonyl (C=O) groups excluding carboxylic acids is 1. The van der Waals surface area contributed by atoms with E-state index in [0.29, 0.717) is 19.5 Å². The molecule has 1 aromatic rings. The molecule has 16 heavy (non-hydrogen) atoms. The summed E-state index contributed by atoms with van der Waals surface area (Å²) in [5.74, 6) is 0.0458. The van der Waals surface area contributed by atoms with Crippen molar-refractivity contribution in [1.29, 1.82) is 0 Å². The molecule has 1 aliphatic heterocycles. The molecule has 2 rings (SSSR count). The first-order valence-corrected chi connectivity index (χ1v) is 5.86. The summed E-state index contributed by atoms with van der Waals surface area (Å²) in [6, 6.07) is 3.95. The molecule has 1 aromatic heterocycles. The van der Waals surface area contributed by atoms with E-state index in [0.717, 1.165) is 4.88 Å². The average Bonchev–Trinajstić information content (AvgIpc) is 2.89. The van der Waals surface area contributed by atoms with Crippen molar-refractivity contribution < 1.29 is 10.0 Å².